The van der Waals surface area contributed by atoms with Crippen LogP contribution in [0.5, 0.6) is 0 Å². The second-order valence-electron chi connectivity index (χ2n) is 11.1. The fourth-order valence-electron chi connectivity index (χ4n) is 4.86. The summed E-state index contributed by atoms with van der Waals surface area (Å²) in [5.74, 6) is -0.497. The fraction of sp³-hybridized carbons (Fsp3) is 0.294. The minimum Gasteiger partial charge on any atom is -0.354 e. The molecule has 0 bridgehead atoms. The van der Waals surface area contributed by atoms with Crippen molar-refractivity contribution in [2.75, 3.05) is 20.1 Å². The average molecular weight is 586 g/mol. The van der Waals surface area contributed by atoms with Crippen LogP contribution in [0.1, 0.15) is 30.5 Å². The molecule has 4 aromatic rings. The summed E-state index contributed by atoms with van der Waals surface area (Å²) in [5.41, 5.74) is 2.79. The van der Waals surface area contributed by atoms with Crippen molar-refractivity contribution in [1.29, 1.82) is 0 Å². The Balaban J connectivity index is 1.67. The highest BCUT2D eigenvalue weighted by molar-refractivity contribution is 7.89. The normalized spacial score (nSPS) is 12.4. The predicted octanol–water partition coefficient (Wildman–Crippen LogP) is 5.18. The molecule has 0 radical (unpaired) electrons. The van der Waals surface area contributed by atoms with Crippen molar-refractivity contribution in [3.05, 3.63) is 114 Å². The van der Waals surface area contributed by atoms with Gasteiger partial charge in [-0.3, -0.25) is 9.59 Å². The van der Waals surface area contributed by atoms with Crippen molar-refractivity contribution in [3.8, 4) is 0 Å². The average Bonchev–Trinajstić information content (AvgIpc) is 2.97. The van der Waals surface area contributed by atoms with Crippen molar-refractivity contribution in [2.45, 2.75) is 44.7 Å². The van der Waals surface area contributed by atoms with Crippen molar-refractivity contribution < 1.29 is 18.0 Å². The summed E-state index contributed by atoms with van der Waals surface area (Å²) < 4.78 is 28.2. The van der Waals surface area contributed by atoms with Gasteiger partial charge in [0.15, 0.2) is 0 Å². The maximum Gasteiger partial charge on any atom is 0.243 e. The van der Waals surface area contributed by atoms with E-state index in [0.717, 1.165) is 31.8 Å². The van der Waals surface area contributed by atoms with Crippen LogP contribution in [0.3, 0.4) is 0 Å². The molecule has 0 spiro atoms. The van der Waals surface area contributed by atoms with E-state index in [-0.39, 0.29) is 23.3 Å². The van der Waals surface area contributed by atoms with Crippen LogP contribution < -0.4 is 5.32 Å². The van der Waals surface area contributed by atoms with Gasteiger partial charge in [-0.25, -0.2) is 8.42 Å². The zero-order valence-corrected chi connectivity index (χ0v) is 25.5. The second-order valence-corrected chi connectivity index (χ2v) is 13.2. The maximum absolute atomic E-state index is 14.0. The van der Waals surface area contributed by atoms with Crippen LogP contribution in [0.4, 0.5) is 0 Å². The molecule has 0 aliphatic heterocycles. The van der Waals surface area contributed by atoms with Crippen LogP contribution in [0.15, 0.2) is 102 Å². The number of likely N-dealkylation sites (N-methyl/N-ethyl adjacent to an activating group) is 1. The summed E-state index contributed by atoms with van der Waals surface area (Å²) >= 11 is 0. The molecule has 0 fully saturated rings. The van der Waals surface area contributed by atoms with Gasteiger partial charge < -0.3 is 10.2 Å². The summed E-state index contributed by atoms with van der Waals surface area (Å²) in [6.07, 6.45) is 0.295. The Hall–Kier alpha value is -4.01. The minimum atomic E-state index is -3.98. The van der Waals surface area contributed by atoms with E-state index in [0.29, 0.717) is 13.0 Å². The highest BCUT2D eigenvalue weighted by Crippen LogP contribution is 2.22. The lowest BCUT2D eigenvalue weighted by Gasteiger charge is -2.33. The van der Waals surface area contributed by atoms with Crippen LogP contribution in [-0.2, 0) is 32.6 Å². The number of carbonyl (C=O) groups is 2. The number of carbonyl (C=O) groups excluding carboxylic acids is 2. The third-order valence-corrected chi connectivity index (χ3v) is 8.98. The first-order valence-electron chi connectivity index (χ1n) is 14.2. The summed E-state index contributed by atoms with van der Waals surface area (Å²) in [4.78, 5) is 29.3. The van der Waals surface area contributed by atoms with Gasteiger partial charge in [0.25, 0.3) is 0 Å². The first-order valence-corrected chi connectivity index (χ1v) is 15.6. The smallest absolute Gasteiger partial charge is 0.243 e. The first-order chi connectivity index (χ1) is 20.0. The van der Waals surface area contributed by atoms with E-state index < -0.39 is 28.5 Å². The van der Waals surface area contributed by atoms with E-state index in [4.69, 9.17) is 0 Å². The van der Waals surface area contributed by atoms with Gasteiger partial charge in [-0.05, 0) is 46.9 Å². The van der Waals surface area contributed by atoms with Crippen molar-refractivity contribution in [2.24, 2.45) is 5.92 Å². The van der Waals surface area contributed by atoms with Crippen LogP contribution >= 0.6 is 0 Å². The molecule has 0 heterocycles. The van der Waals surface area contributed by atoms with Gasteiger partial charge in [-0.2, -0.15) is 4.31 Å². The van der Waals surface area contributed by atoms with Crippen LogP contribution in [0.25, 0.3) is 10.8 Å². The van der Waals surface area contributed by atoms with Crippen molar-refractivity contribution >= 4 is 32.6 Å². The third kappa shape index (κ3) is 7.84. The number of sulfonamides is 1. The zero-order chi connectivity index (χ0) is 30.3. The molecule has 1 atom stereocenters. The van der Waals surface area contributed by atoms with E-state index in [2.05, 4.69) is 5.32 Å². The number of nitrogens with zero attached hydrogens (tertiary/aromatic N) is 2. The molecular formula is C34H39N3O4S. The van der Waals surface area contributed by atoms with Gasteiger partial charge in [0.05, 0.1) is 11.4 Å². The van der Waals surface area contributed by atoms with Gasteiger partial charge >= 0.3 is 0 Å². The second kappa shape index (κ2) is 13.8. The first kappa shape index (κ1) is 30.9. The molecule has 1 N–H and O–H groups in total. The molecule has 1 unspecified atom stereocenters. The Morgan fingerprint density at radius 2 is 1.48 bits per heavy atom. The Kier molecular flexibility index (Phi) is 10.1. The number of hydrogen-bond donors (Lipinski definition) is 1. The number of benzene rings is 4. The maximum atomic E-state index is 14.0. The van der Waals surface area contributed by atoms with Crippen molar-refractivity contribution in [3.63, 3.8) is 0 Å². The molecule has 220 valence electrons. The lowest BCUT2D eigenvalue weighted by Crippen LogP contribution is -2.53. The van der Waals surface area contributed by atoms with Gasteiger partial charge in [0.2, 0.25) is 21.8 Å². The van der Waals surface area contributed by atoms with Crippen LogP contribution in [-0.4, -0.2) is 55.6 Å². The molecule has 0 aliphatic rings. The molecule has 0 aromatic heterocycles. The fourth-order valence-corrected chi connectivity index (χ4v) is 6.01. The largest absolute Gasteiger partial charge is 0.354 e. The molecular weight excluding hydrogens is 546 g/mol. The Bertz CT molecular complexity index is 1640. The summed E-state index contributed by atoms with van der Waals surface area (Å²) in [7, 11) is -2.58. The highest BCUT2D eigenvalue weighted by atomic mass is 32.2. The van der Waals surface area contributed by atoms with Gasteiger partial charge in [0, 0.05) is 26.6 Å². The number of amides is 2. The van der Waals surface area contributed by atoms with Crippen molar-refractivity contribution in [1.82, 2.24) is 14.5 Å². The number of aryl methyl sites for hydroxylation is 1. The standard InChI is InChI=1S/C34H39N3O4S/c1-25(2)22-35-34(39)32(20-27-12-6-5-7-13-27)37(23-28-14-10-11-26(3)19-28)33(38)24-36(4)42(40,41)31-18-17-29-15-8-9-16-30(29)21-31/h5-19,21,25,32H,20,22-24H2,1-4H3,(H,35,39). The molecule has 4 rings (SSSR count). The lowest BCUT2D eigenvalue weighted by molar-refractivity contribution is -0.141. The molecule has 8 heteroatoms. The van der Waals surface area contributed by atoms with E-state index in [1.807, 2.05) is 99.6 Å². The highest BCUT2D eigenvalue weighted by Gasteiger charge is 2.33. The Morgan fingerprint density at radius 3 is 2.17 bits per heavy atom. The van der Waals surface area contributed by atoms with Gasteiger partial charge in [0.1, 0.15) is 6.04 Å². The molecule has 0 aliphatic carbocycles. The quantitative estimate of drug-likeness (QED) is 0.248. The van der Waals surface area contributed by atoms with Crippen LogP contribution in [0.2, 0.25) is 0 Å². The topological polar surface area (TPSA) is 86.8 Å². The number of rotatable bonds is 12. The Labute approximate surface area is 249 Å². The minimum absolute atomic E-state index is 0.109. The molecule has 7 nitrogen and oxygen atoms in total. The van der Waals surface area contributed by atoms with E-state index >= 15 is 0 Å². The molecule has 0 saturated carbocycles. The summed E-state index contributed by atoms with van der Waals surface area (Å²) in [6.45, 7) is 6.20. The van der Waals surface area contributed by atoms with E-state index in [1.165, 1.54) is 11.9 Å². The van der Waals surface area contributed by atoms with Crippen LogP contribution in [0, 0.1) is 12.8 Å². The summed E-state index contributed by atoms with van der Waals surface area (Å²) in [5, 5.41) is 4.72. The molecule has 4 aromatic carbocycles. The number of fused-ring (bicyclic) bond motifs is 1. The molecule has 2 amide bonds. The summed E-state index contributed by atoms with van der Waals surface area (Å²) in [6, 6.07) is 28.9. The lowest BCUT2D eigenvalue weighted by atomic mass is 10.0. The number of hydrogen-bond acceptors (Lipinski definition) is 4. The molecule has 0 saturated heterocycles. The third-order valence-electron chi connectivity index (χ3n) is 7.18. The Morgan fingerprint density at radius 1 is 0.810 bits per heavy atom. The van der Waals surface area contributed by atoms with Gasteiger partial charge in [-0.1, -0.05) is 104 Å². The van der Waals surface area contributed by atoms with E-state index in [1.54, 1.807) is 18.2 Å². The molecule has 42 heavy (non-hydrogen) atoms. The predicted molar refractivity (Wildman–Crippen MR) is 167 cm³/mol. The SMILES string of the molecule is Cc1cccc(CN(C(=O)CN(C)S(=O)(=O)c2ccc3ccccc3c2)C(Cc2ccccc2)C(=O)NCC(C)C)c1. The monoisotopic (exact) mass is 585 g/mol. The zero-order valence-electron chi connectivity index (χ0n) is 24.7. The van der Waals surface area contributed by atoms with Gasteiger partial charge in [-0.15, -0.1) is 0 Å². The number of nitrogens with one attached hydrogen (secondary N) is 1. The van der Waals surface area contributed by atoms with E-state index in [9.17, 15) is 18.0 Å².